The maximum absolute atomic E-state index is 12.3. The smallest absolute Gasteiger partial charge is 0.230 e. The summed E-state index contributed by atoms with van der Waals surface area (Å²) < 4.78 is 6.91. The van der Waals surface area contributed by atoms with Gasteiger partial charge in [0.05, 0.1) is 18.6 Å². The summed E-state index contributed by atoms with van der Waals surface area (Å²) in [6, 6.07) is 14.1. The van der Waals surface area contributed by atoms with Gasteiger partial charge in [0.1, 0.15) is 5.75 Å². The molecule has 8 nitrogen and oxygen atoms in total. The van der Waals surface area contributed by atoms with E-state index in [1.807, 2.05) is 36.5 Å². The largest absolute Gasteiger partial charge is 0.497 e. The Morgan fingerprint density at radius 3 is 2.78 bits per heavy atom. The number of aromatic amines is 1. The normalized spacial score (nSPS) is 11.2. The van der Waals surface area contributed by atoms with Crippen molar-refractivity contribution in [3.8, 4) is 11.4 Å². The molecule has 0 saturated carbocycles. The molecule has 4 aromatic rings. The molecule has 2 N–H and O–H groups in total. The van der Waals surface area contributed by atoms with Gasteiger partial charge in [-0.15, -0.1) is 5.10 Å². The number of benzene rings is 2. The van der Waals surface area contributed by atoms with E-state index in [9.17, 15) is 4.79 Å². The van der Waals surface area contributed by atoms with E-state index < -0.39 is 0 Å². The van der Waals surface area contributed by atoms with E-state index in [1.165, 1.54) is 17.3 Å². The predicted octanol–water partition coefficient (Wildman–Crippen LogP) is 3.73. The minimum atomic E-state index is -0.0544. The Labute approximate surface area is 190 Å². The number of methoxy groups -OCH3 is 1. The van der Waals surface area contributed by atoms with Gasteiger partial charge in [-0.25, -0.2) is 0 Å². The number of H-pyrrole nitrogens is 1. The number of ether oxygens (including phenoxy) is 1. The van der Waals surface area contributed by atoms with E-state index >= 15 is 0 Å². The lowest BCUT2D eigenvalue weighted by atomic mass is 10.0. The minimum absolute atomic E-state index is 0.0544. The van der Waals surface area contributed by atoms with Crippen molar-refractivity contribution in [2.45, 2.75) is 31.3 Å². The molecule has 0 aliphatic rings. The zero-order valence-electron chi connectivity index (χ0n) is 18.3. The number of hydrogen-bond acceptors (Lipinski definition) is 6. The Hall–Kier alpha value is -3.33. The van der Waals surface area contributed by atoms with Crippen LogP contribution in [0.2, 0.25) is 0 Å². The van der Waals surface area contributed by atoms with Crippen molar-refractivity contribution >= 4 is 28.6 Å². The van der Waals surface area contributed by atoms with Crippen LogP contribution in [0.4, 0.5) is 0 Å². The summed E-state index contributed by atoms with van der Waals surface area (Å²) in [7, 11) is 1.65. The zero-order chi connectivity index (χ0) is 22.5. The number of nitrogens with one attached hydrogen (secondary N) is 2. The van der Waals surface area contributed by atoms with Crippen LogP contribution < -0.4 is 10.1 Å². The van der Waals surface area contributed by atoms with Gasteiger partial charge in [-0.1, -0.05) is 37.7 Å². The molecule has 9 heteroatoms. The summed E-state index contributed by atoms with van der Waals surface area (Å²) in [6.45, 7) is 4.86. The first-order chi connectivity index (χ1) is 15.5. The molecule has 0 bridgehead atoms. The molecule has 0 saturated heterocycles. The van der Waals surface area contributed by atoms with E-state index in [4.69, 9.17) is 4.74 Å². The van der Waals surface area contributed by atoms with Crippen LogP contribution in [0.15, 0.2) is 53.8 Å². The van der Waals surface area contributed by atoms with Crippen molar-refractivity contribution in [3.05, 3.63) is 59.8 Å². The summed E-state index contributed by atoms with van der Waals surface area (Å²) in [4.78, 5) is 15.6. The van der Waals surface area contributed by atoms with Gasteiger partial charge < -0.3 is 15.0 Å². The standard InChI is InChI=1S/C23H26N6O2S/c1-15(2)16-4-6-18(7-5-16)29-23(26-27-28-29)32-14-22(30)24-11-10-17-13-25-21-12-19(31-3)8-9-20(17)21/h4-9,12-13,15,25H,10-11,14H2,1-3H3,(H,24,30). The van der Waals surface area contributed by atoms with E-state index in [2.05, 4.69) is 51.8 Å². The molecule has 0 aliphatic carbocycles. The fraction of sp³-hybridized carbons (Fsp3) is 0.304. The molecule has 0 atom stereocenters. The van der Waals surface area contributed by atoms with Crippen molar-refractivity contribution in [2.75, 3.05) is 19.4 Å². The molecule has 2 aromatic carbocycles. The second kappa shape index (κ2) is 9.86. The van der Waals surface area contributed by atoms with E-state index in [-0.39, 0.29) is 11.7 Å². The molecular formula is C23H26N6O2S. The number of thioether (sulfide) groups is 1. The lowest BCUT2D eigenvalue weighted by molar-refractivity contribution is -0.118. The second-order valence-corrected chi connectivity index (χ2v) is 8.68. The maximum atomic E-state index is 12.3. The molecule has 0 unspecified atom stereocenters. The number of hydrogen-bond donors (Lipinski definition) is 2. The molecule has 166 valence electrons. The third kappa shape index (κ3) is 4.94. The van der Waals surface area contributed by atoms with Crippen LogP contribution in [0.1, 0.15) is 30.9 Å². The van der Waals surface area contributed by atoms with Gasteiger partial charge >= 0.3 is 0 Å². The topological polar surface area (TPSA) is 97.7 Å². The summed E-state index contributed by atoms with van der Waals surface area (Å²) in [5, 5.41) is 16.6. The Bertz CT molecular complexity index is 1200. The molecule has 0 spiro atoms. The van der Waals surface area contributed by atoms with Crippen LogP contribution >= 0.6 is 11.8 Å². The first kappa shape index (κ1) is 21.9. The number of fused-ring (bicyclic) bond motifs is 1. The van der Waals surface area contributed by atoms with Crippen LogP contribution in [0.5, 0.6) is 5.75 Å². The third-order valence-corrected chi connectivity index (χ3v) is 6.19. The first-order valence-electron chi connectivity index (χ1n) is 10.5. The number of carbonyl (C=O) groups excluding carboxylic acids is 1. The van der Waals surface area contributed by atoms with Crippen LogP contribution in [-0.2, 0) is 11.2 Å². The van der Waals surface area contributed by atoms with Crippen LogP contribution in [0.25, 0.3) is 16.6 Å². The highest BCUT2D eigenvalue weighted by Gasteiger charge is 2.12. The van der Waals surface area contributed by atoms with E-state index in [0.29, 0.717) is 17.6 Å². The van der Waals surface area contributed by atoms with Crippen molar-refractivity contribution < 1.29 is 9.53 Å². The average Bonchev–Trinajstić information content (AvgIpc) is 3.44. The monoisotopic (exact) mass is 450 g/mol. The van der Waals surface area contributed by atoms with Gasteiger partial charge in [0, 0.05) is 29.7 Å². The highest BCUT2D eigenvalue weighted by Crippen LogP contribution is 2.24. The number of aromatic nitrogens is 5. The second-order valence-electron chi connectivity index (χ2n) is 7.73. The fourth-order valence-corrected chi connectivity index (χ4v) is 4.17. The Kier molecular flexibility index (Phi) is 6.75. The van der Waals surface area contributed by atoms with E-state index in [0.717, 1.165) is 34.3 Å². The summed E-state index contributed by atoms with van der Waals surface area (Å²) in [6.07, 6.45) is 2.71. The lowest BCUT2D eigenvalue weighted by Crippen LogP contribution is -2.27. The number of carbonyl (C=O) groups is 1. The molecule has 0 fully saturated rings. The molecular weight excluding hydrogens is 424 g/mol. The molecule has 4 rings (SSSR count). The number of rotatable bonds is 9. The molecule has 2 heterocycles. The summed E-state index contributed by atoms with van der Waals surface area (Å²) in [5.74, 6) is 1.47. The quantitative estimate of drug-likeness (QED) is 0.377. The third-order valence-electron chi connectivity index (χ3n) is 5.27. The molecule has 1 amide bonds. The zero-order valence-corrected chi connectivity index (χ0v) is 19.1. The van der Waals surface area contributed by atoms with Crippen LogP contribution in [-0.4, -0.2) is 50.5 Å². The Morgan fingerprint density at radius 1 is 1.22 bits per heavy atom. The summed E-state index contributed by atoms with van der Waals surface area (Å²) >= 11 is 1.32. The van der Waals surface area contributed by atoms with E-state index in [1.54, 1.807) is 11.8 Å². The molecule has 0 aliphatic heterocycles. The van der Waals surface area contributed by atoms with Crippen molar-refractivity contribution in [3.63, 3.8) is 0 Å². The molecule has 32 heavy (non-hydrogen) atoms. The highest BCUT2D eigenvalue weighted by atomic mass is 32.2. The Morgan fingerprint density at radius 2 is 2.03 bits per heavy atom. The molecule has 0 radical (unpaired) electrons. The van der Waals surface area contributed by atoms with Gasteiger partial charge in [-0.3, -0.25) is 4.79 Å². The maximum Gasteiger partial charge on any atom is 0.230 e. The lowest BCUT2D eigenvalue weighted by Gasteiger charge is -2.08. The van der Waals surface area contributed by atoms with Gasteiger partial charge in [0.15, 0.2) is 0 Å². The van der Waals surface area contributed by atoms with Crippen molar-refractivity contribution in [1.82, 2.24) is 30.5 Å². The SMILES string of the molecule is COc1ccc2c(CCNC(=O)CSc3nnnn3-c3ccc(C(C)C)cc3)c[nH]c2c1. The average molecular weight is 451 g/mol. The molecule has 2 aromatic heterocycles. The Balaban J connectivity index is 1.29. The van der Waals surface area contributed by atoms with Crippen molar-refractivity contribution in [2.24, 2.45) is 0 Å². The van der Waals surface area contributed by atoms with Crippen LogP contribution in [0, 0.1) is 0 Å². The van der Waals surface area contributed by atoms with Crippen molar-refractivity contribution in [1.29, 1.82) is 0 Å². The predicted molar refractivity (Wildman–Crippen MR) is 126 cm³/mol. The highest BCUT2D eigenvalue weighted by molar-refractivity contribution is 7.99. The first-order valence-corrected chi connectivity index (χ1v) is 11.5. The van der Waals surface area contributed by atoms with Gasteiger partial charge in [0.2, 0.25) is 11.1 Å². The number of nitrogens with zero attached hydrogens (tertiary/aromatic N) is 4. The van der Waals surface area contributed by atoms with Crippen LogP contribution in [0.3, 0.4) is 0 Å². The number of amides is 1. The summed E-state index contributed by atoms with van der Waals surface area (Å²) in [5.41, 5.74) is 4.31. The van der Waals surface area contributed by atoms with Gasteiger partial charge in [0.25, 0.3) is 0 Å². The fourth-order valence-electron chi connectivity index (χ4n) is 3.45. The van der Waals surface area contributed by atoms with Gasteiger partial charge in [-0.2, -0.15) is 4.68 Å². The minimum Gasteiger partial charge on any atom is -0.497 e. The number of tetrazole rings is 1. The van der Waals surface area contributed by atoms with Gasteiger partial charge in [-0.05, 0) is 58.2 Å².